The number of esters is 3. The quantitative estimate of drug-likeness (QED) is 0.0197. The van der Waals surface area contributed by atoms with Gasteiger partial charge < -0.3 is 24.2 Å². The Labute approximate surface area is 473 Å². The molecule has 11 nitrogen and oxygen atoms in total. The summed E-state index contributed by atoms with van der Waals surface area (Å²) < 4.78 is 39.5. The molecule has 0 radical (unpaired) electrons. The van der Waals surface area contributed by atoms with Crippen LogP contribution in [0, 0.1) is 0 Å². The van der Waals surface area contributed by atoms with E-state index in [0.29, 0.717) is 25.7 Å². The molecule has 0 aliphatic rings. The summed E-state index contributed by atoms with van der Waals surface area (Å²) in [6.45, 7) is 4.16. The number of unbranched alkanes of at least 4 members (excludes halogenated alkanes) is 9. The predicted octanol–water partition coefficient (Wildman–Crippen LogP) is 17.7. The van der Waals surface area contributed by atoms with Gasteiger partial charge in [0, 0.05) is 19.3 Å². The summed E-state index contributed by atoms with van der Waals surface area (Å²) in [5, 5.41) is 9.83. The molecule has 0 aliphatic carbocycles. The second-order valence-corrected chi connectivity index (χ2v) is 20.1. The average molecular weight is 1100 g/mol. The molecule has 3 unspecified atom stereocenters. The highest BCUT2D eigenvalue weighted by atomic mass is 31.2. The van der Waals surface area contributed by atoms with Crippen molar-refractivity contribution in [2.75, 3.05) is 26.4 Å². The molecule has 0 bridgehead atoms. The monoisotopic (exact) mass is 1100 g/mol. The lowest BCUT2D eigenvalue weighted by molar-refractivity contribution is -0.161. The molecule has 0 aromatic rings. The molecular formula is C66H103O11P. The number of ether oxygens (including phenoxy) is 3. The lowest BCUT2D eigenvalue weighted by atomic mass is 10.1. The third kappa shape index (κ3) is 55.8. The van der Waals surface area contributed by atoms with Crippen LogP contribution >= 0.6 is 7.82 Å². The van der Waals surface area contributed by atoms with E-state index in [2.05, 4.69) is 173 Å². The summed E-state index contributed by atoms with van der Waals surface area (Å²) >= 11 is 0. The van der Waals surface area contributed by atoms with Crippen molar-refractivity contribution in [2.24, 2.45) is 0 Å². The first-order valence-corrected chi connectivity index (χ1v) is 30.9. The molecule has 0 amide bonds. The third-order valence-electron chi connectivity index (χ3n) is 11.4. The molecule has 0 saturated carbocycles. The van der Waals surface area contributed by atoms with E-state index < -0.39 is 57.8 Å². The van der Waals surface area contributed by atoms with Gasteiger partial charge in [0.25, 0.3) is 0 Å². The maximum atomic E-state index is 12.9. The zero-order valence-corrected chi connectivity index (χ0v) is 49.2. The van der Waals surface area contributed by atoms with Gasteiger partial charge in [-0.15, -0.1) is 0 Å². The normalized spacial score (nSPS) is 14.5. The van der Waals surface area contributed by atoms with Crippen molar-refractivity contribution in [3.8, 4) is 0 Å². The lowest BCUT2D eigenvalue weighted by Crippen LogP contribution is -2.30. The topological polar surface area (TPSA) is 155 Å². The van der Waals surface area contributed by atoms with Crippen LogP contribution in [0.5, 0.6) is 0 Å². The molecule has 0 aromatic heterocycles. The minimum atomic E-state index is -4.79. The molecule has 0 fully saturated rings. The van der Waals surface area contributed by atoms with Crippen LogP contribution in [0.15, 0.2) is 158 Å². The van der Waals surface area contributed by atoms with Crippen LogP contribution in [0.2, 0.25) is 0 Å². The Morgan fingerprint density at radius 1 is 0.359 bits per heavy atom. The first-order valence-electron chi connectivity index (χ1n) is 29.4. The largest absolute Gasteiger partial charge is 0.472 e. The fourth-order valence-corrected chi connectivity index (χ4v) is 7.86. The standard InChI is InChI=1S/C66H103O11P/c1-4-7-10-13-16-19-22-25-28-31-34-37-40-43-46-49-52-55-64(68)73-59-63(77-66(70)57-54-51-48-45-42-39-36-33-30-27-24-21-18-15-12-9-6-3)61-75-78(71,72)74-60-62(58-67)76-65(69)56-53-50-47-44-41-38-35-32-29-26-23-20-17-14-11-8-5-2/h7-12,16-21,25-30,34-39,43,46,62-63,67H,4-6,13-15,22-24,31-33,40-42,44-45,47-61H2,1-3H3,(H,71,72)/b10-7-,11-8-,12-9-,19-16-,20-17-,21-18-,28-25-,29-26-,30-27-,37-34-,38-35-,39-36-,46-43-. The van der Waals surface area contributed by atoms with Crippen LogP contribution in [-0.4, -0.2) is 66.5 Å². The van der Waals surface area contributed by atoms with Crippen molar-refractivity contribution in [3.63, 3.8) is 0 Å². The Kier molecular flexibility index (Phi) is 54.6. The van der Waals surface area contributed by atoms with Gasteiger partial charge >= 0.3 is 25.7 Å². The number of carbonyl (C=O) groups is 3. The number of phosphoric acid groups is 1. The summed E-state index contributed by atoms with van der Waals surface area (Å²) in [6.07, 6.45) is 76.3. The Hall–Kier alpha value is -4.90. The van der Waals surface area contributed by atoms with E-state index in [4.69, 9.17) is 23.3 Å². The van der Waals surface area contributed by atoms with Crippen LogP contribution in [0.4, 0.5) is 0 Å². The van der Waals surface area contributed by atoms with Crippen LogP contribution < -0.4 is 0 Å². The molecule has 0 aromatic carbocycles. The highest BCUT2D eigenvalue weighted by Gasteiger charge is 2.28. The van der Waals surface area contributed by atoms with Crippen molar-refractivity contribution in [2.45, 2.75) is 213 Å². The summed E-state index contributed by atoms with van der Waals surface area (Å²) in [6, 6.07) is 0. The van der Waals surface area contributed by atoms with E-state index in [0.717, 1.165) is 135 Å². The smallest absolute Gasteiger partial charge is 0.462 e. The highest BCUT2D eigenvalue weighted by molar-refractivity contribution is 7.47. The highest BCUT2D eigenvalue weighted by Crippen LogP contribution is 2.43. The molecule has 78 heavy (non-hydrogen) atoms. The SMILES string of the molecule is CC/C=C\C/C=C\C/C=C\C/C=C\C/C=C\CCCC(=O)OCC(COP(=O)(O)OCC(CO)OC(=O)CCCCCC/C=C\C/C=C\C/C=C\C/C=C\CC)OC(=O)CCCCCC/C=C\C/C=C\C/C=C\C/C=C\CC. The van der Waals surface area contributed by atoms with Gasteiger partial charge in [0.1, 0.15) is 12.7 Å². The Morgan fingerprint density at radius 2 is 0.641 bits per heavy atom. The van der Waals surface area contributed by atoms with Crippen molar-refractivity contribution in [1.82, 2.24) is 0 Å². The zero-order chi connectivity index (χ0) is 56.9. The number of allylic oxidation sites excluding steroid dienone is 26. The van der Waals surface area contributed by atoms with Crippen LogP contribution in [0.1, 0.15) is 201 Å². The van der Waals surface area contributed by atoms with E-state index in [9.17, 15) is 28.9 Å². The van der Waals surface area contributed by atoms with Gasteiger partial charge in [-0.1, -0.05) is 204 Å². The minimum absolute atomic E-state index is 0.116. The van der Waals surface area contributed by atoms with Gasteiger partial charge in [-0.3, -0.25) is 23.4 Å². The number of carbonyl (C=O) groups excluding carboxylic acids is 3. The van der Waals surface area contributed by atoms with Gasteiger partial charge in [-0.25, -0.2) is 4.57 Å². The molecule has 438 valence electrons. The number of aliphatic hydroxyl groups is 1. The summed E-state index contributed by atoms with van der Waals surface area (Å²) in [7, 11) is -4.79. The van der Waals surface area contributed by atoms with Gasteiger partial charge in [0.2, 0.25) is 0 Å². The van der Waals surface area contributed by atoms with Gasteiger partial charge in [0.05, 0.1) is 19.8 Å². The molecule has 0 aliphatic heterocycles. The van der Waals surface area contributed by atoms with Gasteiger partial charge in [-0.05, 0) is 135 Å². The number of phosphoric ester groups is 1. The van der Waals surface area contributed by atoms with E-state index >= 15 is 0 Å². The molecular weight excluding hydrogens is 1000 g/mol. The second kappa shape index (κ2) is 58.3. The number of aliphatic hydroxyl groups excluding tert-OH is 1. The Morgan fingerprint density at radius 3 is 0.987 bits per heavy atom. The molecule has 12 heteroatoms. The van der Waals surface area contributed by atoms with Crippen molar-refractivity contribution in [1.29, 1.82) is 0 Å². The molecule has 2 N–H and O–H groups in total. The molecule has 0 rings (SSSR count). The van der Waals surface area contributed by atoms with Crippen molar-refractivity contribution >= 4 is 25.7 Å². The van der Waals surface area contributed by atoms with Crippen LogP contribution in [-0.2, 0) is 42.2 Å². The second-order valence-electron chi connectivity index (χ2n) is 18.7. The maximum Gasteiger partial charge on any atom is 0.472 e. The maximum absolute atomic E-state index is 12.9. The lowest BCUT2D eigenvalue weighted by Gasteiger charge is -2.21. The summed E-state index contributed by atoms with van der Waals surface area (Å²) in [5.41, 5.74) is 0. The number of hydrogen-bond acceptors (Lipinski definition) is 10. The van der Waals surface area contributed by atoms with E-state index in [1.807, 2.05) is 6.08 Å². The first-order chi connectivity index (χ1) is 38.2. The molecule has 0 saturated heterocycles. The number of hydrogen-bond donors (Lipinski definition) is 2. The molecule has 0 spiro atoms. The van der Waals surface area contributed by atoms with Gasteiger partial charge in [0.15, 0.2) is 6.10 Å². The van der Waals surface area contributed by atoms with Crippen LogP contribution in [0.25, 0.3) is 0 Å². The zero-order valence-electron chi connectivity index (χ0n) is 48.3. The van der Waals surface area contributed by atoms with Gasteiger partial charge in [-0.2, -0.15) is 0 Å². The first kappa shape index (κ1) is 73.1. The van der Waals surface area contributed by atoms with Crippen molar-refractivity contribution in [3.05, 3.63) is 158 Å². The summed E-state index contributed by atoms with van der Waals surface area (Å²) in [4.78, 5) is 48.6. The average Bonchev–Trinajstić information content (AvgIpc) is 3.43. The van der Waals surface area contributed by atoms with Crippen LogP contribution in [0.3, 0.4) is 0 Å². The Balaban J connectivity index is 4.89. The minimum Gasteiger partial charge on any atom is -0.462 e. The van der Waals surface area contributed by atoms with Crippen molar-refractivity contribution < 1.29 is 52.2 Å². The molecule has 3 atom stereocenters. The summed E-state index contributed by atoms with van der Waals surface area (Å²) in [5.74, 6) is -1.61. The molecule has 0 heterocycles. The van der Waals surface area contributed by atoms with E-state index in [-0.39, 0.29) is 25.9 Å². The fraction of sp³-hybridized carbons (Fsp3) is 0.561. The number of rotatable bonds is 52. The Bertz CT molecular complexity index is 1910. The predicted molar refractivity (Wildman–Crippen MR) is 325 cm³/mol. The third-order valence-corrected chi connectivity index (χ3v) is 12.4. The fourth-order valence-electron chi connectivity index (χ4n) is 7.08. The van der Waals surface area contributed by atoms with E-state index in [1.165, 1.54) is 0 Å². The van der Waals surface area contributed by atoms with E-state index in [1.54, 1.807) is 0 Å².